The zero-order valence-electron chi connectivity index (χ0n) is 9.71. The Balaban J connectivity index is 2.25. The summed E-state index contributed by atoms with van der Waals surface area (Å²) in [5.41, 5.74) is -2.54. The van der Waals surface area contributed by atoms with E-state index in [0.717, 1.165) is 0 Å². The Bertz CT molecular complexity index is 831. The number of aromatic hydroxyl groups is 1. The standard InChI is InChI=1S/C11H6N4O5/c16-7-6(8(17)14-11(20)13-7)15-9(18)4-1-2-12-3-5(4)10(15)19/h1-3H,(H3,13,14,16,17,20). The summed E-state index contributed by atoms with van der Waals surface area (Å²) in [5.74, 6) is -2.44. The highest BCUT2D eigenvalue weighted by Gasteiger charge is 2.39. The van der Waals surface area contributed by atoms with Crippen LogP contribution in [0.4, 0.5) is 5.69 Å². The Hall–Kier alpha value is -3.23. The van der Waals surface area contributed by atoms with Gasteiger partial charge >= 0.3 is 5.69 Å². The number of carbonyl (C=O) groups is 2. The molecule has 1 aliphatic rings. The van der Waals surface area contributed by atoms with E-state index in [9.17, 15) is 24.3 Å². The number of carbonyl (C=O) groups excluding carboxylic acids is 2. The van der Waals surface area contributed by atoms with Crippen molar-refractivity contribution < 1.29 is 14.7 Å². The SMILES string of the molecule is O=C1c2ccncc2C(=O)N1c1c(O)[nH]c(=O)[nH]c1=O. The maximum Gasteiger partial charge on any atom is 0.328 e. The molecule has 3 rings (SSSR count). The molecule has 2 amide bonds. The van der Waals surface area contributed by atoms with E-state index in [-0.39, 0.29) is 11.1 Å². The molecule has 0 atom stereocenters. The lowest BCUT2D eigenvalue weighted by molar-refractivity contribution is 0.0924. The van der Waals surface area contributed by atoms with E-state index < -0.39 is 34.6 Å². The van der Waals surface area contributed by atoms with Gasteiger partial charge in [-0.25, -0.2) is 9.69 Å². The molecule has 0 radical (unpaired) electrons. The number of pyridine rings is 1. The highest BCUT2D eigenvalue weighted by molar-refractivity contribution is 6.34. The van der Waals surface area contributed by atoms with E-state index in [0.29, 0.717) is 4.90 Å². The second kappa shape index (κ2) is 3.88. The molecule has 0 saturated carbocycles. The van der Waals surface area contributed by atoms with E-state index in [1.54, 1.807) is 0 Å². The van der Waals surface area contributed by atoms with Gasteiger partial charge in [-0.05, 0) is 6.07 Å². The Kier molecular flexibility index (Phi) is 2.30. The smallest absolute Gasteiger partial charge is 0.328 e. The quantitative estimate of drug-likeness (QED) is 0.568. The van der Waals surface area contributed by atoms with Crippen LogP contribution in [0, 0.1) is 0 Å². The van der Waals surface area contributed by atoms with Crippen molar-refractivity contribution in [2.45, 2.75) is 0 Å². The van der Waals surface area contributed by atoms with Crippen LogP contribution in [0.1, 0.15) is 20.7 Å². The van der Waals surface area contributed by atoms with Crippen molar-refractivity contribution in [3.8, 4) is 5.88 Å². The monoisotopic (exact) mass is 274 g/mol. The molecule has 0 saturated heterocycles. The van der Waals surface area contributed by atoms with E-state index in [1.807, 2.05) is 9.97 Å². The fourth-order valence-electron chi connectivity index (χ4n) is 1.96. The number of hydrogen-bond donors (Lipinski definition) is 3. The van der Waals surface area contributed by atoms with Crippen LogP contribution in [0.2, 0.25) is 0 Å². The molecule has 9 nitrogen and oxygen atoms in total. The second-order valence-electron chi connectivity index (χ2n) is 3.97. The third-order valence-corrected chi connectivity index (χ3v) is 2.81. The molecular weight excluding hydrogens is 268 g/mol. The third-order valence-electron chi connectivity index (χ3n) is 2.81. The topological polar surface area (TPSA) is 136 Å². The van der Waals surface area contributed by atoms with E-state index in [1.165, 1.54) is 18.5 Å². The largest absolute Gasteiger partial charge is 0.493 e. The summed E-state index contributed by atoms with van der Waals surface area (Å²) < 4.78 is 0. The molecule has 0 aromatic carbocycles. The highest BCUT2D eigenvalue weighted by Crippen LogP contribution is 2.28. The lowest BCUT2D eigenvalue weighted by Crippen LogP contribution is -2.36. The van der Waals surface area contributed by atoms with Crippen molar-refractivity contribution in [2.24, 2.45) is 0 Å². The molecule has 0 spiro atoms. The van der Waals surface area contributed by atoms with E-state index in [4.69, 9.17) is 0 Å². The van der Waals surface area contributed by atoms with Gasteiger partial charge in [0.05, 0.1) is 11.1 Å². The number of hydrogen-bond acceptors (Lipinski definition) is 6. The first-order chi connectivity index (χ1) is 9.50. The van der Waals surface area contributed by atoms with Crippen molar-refractivity contribution in [3.63, 3.8) is 0 Å². The maximum absolute atomic E-state index is 12.1. The number of aromatic nitrogens is 3. The number of nitrogens with zero attached hydrogens (tertiary/aromatic N) is 2. The van der Waals surface area contributed by atoms with Crippen LogP contribution in [-0.2, 0) is 0 Å². The molecule has 3 heterocycles. The maximum atomic E-state index is 12.1. The number of imide groups is 1. The number of rotatable bonds is 1. The lowest BCUT2D eigenvalue weighted by atomic mass is 10.2. The van der Waals surface area contributed by atoms with Crippen LogP contribution in [0.5, 0.6) is 5.88 Å². The predicted molar refractivity (Wildman–Crippen MR) is 64.7 cm³/mol. The van der Waals surface area contributed by atoms with E-state index >= 15 is 0 Å². The Labute approximate surface area is 109 Å². The van der Waals surface area contributed by atoms with Gasteiger partial charge in [0, 0.05) is 12.4 Å². The van der Waals surface area contributed by atoms with Crippen LogP contribution in [0.25, 0.3) is 0 Å². The predicted octanol–water partition coefficient (Wildman–Crippen LogP) is -1.04. The van der Waals surface area contributed by atoms with Gasteiger partial charge in [0.25, 0.3) is 17.4 Å². The van der Waals surface area contributed by atoms with Crippen LogP contribution in [-0.4, -0.2) is 31.9 Å². The number of nitrogens with one attached hydrogen (secondary N) is 2. The Morgan fingerprint density at radius 1 is 1.05 bits per heavy atom. The van der Waals surface area contributed by atoms with Crippen LogP contribution >= 0.6 is 0 Å². The number of fused-ring (bicyclic) bond motifs is 1. The zero-order chi connectivity index (χ0) is 14.4. The summed E-state index contributed by atoms with van der Waals surface area (Å²) in [4.78, 5) is 54.9. The molecule has 2 aromatic heterocycles. The van der Waals surface area contributed by atoms with Gasteiger partial charge in [0.15, 0.2) is 5.69 Å². The highest BCUT2D eigenvalue weighted by atomic mass is 16.3. The van der Waals surface area contributed by atoms with Gasteiger partial charge in [-0.2, -0.15) is 0 Å². The summed E-state index contributed by atoms with van der Waals surface area (Å²) in [6.07, 6.45) is 2.51. The van der Waals surface area contributed by atoms with Crippen molar-refractivity contribution in [1.29, 1.82) is 0 Å². The summed E-state index contributed by atoms with van der Waals surface area (Å²) in [5, 5.41) is 9.61. The minimum atomic E-state index is -1.05. The lowest BCUT2D eigenvalue weighted by Gasteiger charge is -2.12. The van der Waals surface area contributed by atoms with Gasteiger partial charge in [0.2, 0.25) is 5.88 Å². The normalized spacial score (nSPS) is 13.7. The average molecular weight is 274 g/mol. The third kappa shape index (κ3) is 1.46. The van der Waals surface area contributed by atoms with E-state index in [2.05, 4.69) is 4.98 Å². The number of H-pyrrole nitrogens is 2. The molecule has 1 aliphatic heterocycles. The fraction of sp³-hybridized carbons (Fsp3) is 0. The van der Waals surface area contributed by atoms with Crippen molar-refractivity contribution in [3.05, 3.63) is 50.4 Å². The summed E-state index contributed by atoms with van der Waals surface area (Å²) in [6, 6.07) is 1.33. The van der Waals surface area contributed by atoms with Gasteiger partial charge in [-0.15, -0.1) is 0 Å². The molecule has 0 unspecified atom stereocenters. The molecule has 0 bridgehead atoms. The summed E-state index contributed by atoms with van der Waals surface area (Å²) in [7, 11) is 0. The first-order valence-electron chi connectivity index (χ1n) is 5.39. The molecule has 9 heteroatoms. The number of aromatic amines is 2. The van der Waals surface area contributed by atoms with Crippen molar-refractivity contribution >= 4 is 17.5 Å². The van der Waals surface area contributed by atoms with Crippen LogP contribution in [0.3, 0.4) is 0 Å². The summed E-state index contributed by atoms with van der Waals surface area (Å²) in [6.45, 7) is 0. The summed E-state index contributed by atoms with van der Waals surface area (Å²) >= 11 is 0. The molecular formula is C11H6N4O5. The minimum Gasteiger partial charge on any atom is -0.493 e. The molecule has 20 heavy (non-hydrogen) atoms. The minimum absolute atomic E-state index is 0.0162. The van der Waals surface area contributed by atoms with Gasteiger partial charge in [0.1, 0.15) is 0 Å². The molecule has 0 fully saturated rings. The fourth-order valence-corrected chi connectivity index (χ4v) is 1.96. The Morgan fingerprint density at radius 3 is 2.40 bits per heavy atom. The average Bonchev–Trinajstić information content (AvgIpc) is 2.64. The zero-order valence-corrected chi connectivity index (χ0v) is 9.71. The number of amides is 2. The van der Waals surface area contributed by atoms with Gasteiger partial charge < -0.3 is 5.11 Å². The molecule has 2 aromatic rings. The molecule has 3 N–H and O–H groups in total. The van der Waals surface area contributed by atoms with Gasteiger partial charge in [-0.1, -0.05) is 0 Å². The second-order valence-corrected chi connectivity index (χ2v) is 3.97. The van der Waals surface area contributed by atoms with Crippen LogP contribution in [0.15, 0.2) is 28.0 Å². The molecule has 100 valence electrons. The van der Waals surface area contributed by atoms with Crippen molar-refractivity contribution in [1.82, 2.24) is 15.0 Å². The van der Waals surface area contributed by atoms with Crippen molar-refractivity contribution in [2.75, 3.05) is 4.90 Å². The first-order valence-corrected chi connectivity index (χ1v) is 5.39. The molecule has 0 aliphatic carbocycles. The number of anilines is 1. The van der Waals surface area contributed by atoms with Gasteiger partial charge in [-0.3, -0.25) is 29.3 Å². The van der Waals surface area contributed by atoms with Crippen LogP contribution < -0.4 is 16.1 Å². The first kappa shape index (κ1) is 11.8. The Morgan fingerprint density at radius 2 is 1.75 bits per heavy atom.